The standard InChI is InChI=1S/C28H24N6O.Pt/c1-2-12-26-25(11-1)32-16-4-3-15-31(19-32)21-7-5-9-23(17-21)35-24-10-6-8-22(18-24)33-20-34(26)28-27(33)29-13-14-30-28;/h3-10,13-16,19-20,25-26H,1-2,11-12H2;/q-4;+4. The van der Waals surface area contributed by atoms with Crippen LogP contribution in [-0.2, 0) is 21.1 Å². The van der Waals surface area contributed by atoms with Crippen LogP contribution in [0.5, 0.6) is 11.5 Å². The molecule has 1 aliphatic carbocycles. The Balaban J connectivity index is 0.00000240. The van der Waals surface area contributed by atoms with Crippen molar-refractivity contribution < 1.29 is 25.8 Å². The first kappa shape index (κ1) is 23.0. The third-order valence-corrected chi connectivity index (χ3v) is 6.94. The summed E-state index contributed by atoms with van der Waals surface area (Å²) >= 11 is 0. The molecule has 0 radical (unpaired) electrons. The quantitative estimate of drug-likeness (QED) is 0.222. The zero-order valence-corrected chi connectivity index (χ0v) is 21.7. The van der Waals surface area contributed by atoms with Crippen molar-refractivity contribution in [3.8, 4) is 17.2 Å². The van der Waals surface area contributed by atoms with Crippen LogP contribution in [0.3, 0.4) is 0 Å². The SMILES string of the molecule is [Pt+4].[c-]1c2cccc1N1[CH-]N(c3nccnc31)C1CCCCC1n1ccccn([cH-]1)-c1[c-]c(ccc1)O2. The third kappa shape index (κ3) is 4.01. The maximum atomic E-state index is 6.20. The molecule has 2 aromatic heterocycles. The maximum absolute atomic E-state index is 6.20. The summed E-state index contributed by atoms with van der Waals surface area (Å²) in [7, 11) is 0. The minimum Gasteiger partial charge on any atom is -0.510 e. The van der Waals surface area contributed by atoms with Gasteiger partial charge in [-0.25, -0.2) is 9.97 Å². The summed E-state index contributed by atoms with van der Waals surface area (Å²) in [5.74, 6) is 2.95. The maximum Gasteiger partial charge on any atom is 4.00 e. The van der Waals surface area contributed by atoms with Gasteiger partial charge in [0.25, 0.3) is 0 Å². The van der Waals surface area contributed by atoms with Gasteiger partial charge in [-0.2, -0.15) is 24.3 Å². The minimum atomic E-state index is 0. The van der Waals surface area contributed by atoms with Gasteiger partial charge in [0.05, 0.1) is 0 Å². The first-order chi connectivity index (χ1) is 17.3. The van der Waals surface area contributed by atoms with E-state index in [1.807, 2.05) is 36.4 Å². The average molecular weight is 656 g/mol. The van der Waals surface area contributed by atoms with Crippen molar-refractivity contribution in [2.75, 3.05) is 9.80 Å². The molecular weight excluding hydrogens is 631 g/mol. The number of fused-ring (bicyclic) bond motifs is 16. The second-order valence-corrected chi connectivity index (χ2v) is 9.07. The molecule has 2 aliphatic heterocycles. The summed E-state index contributed by atoms with van der Waals surface area (Å²) in [6.07, 6.45) is 14.5. The van der Waals surface area contributed by atoms with Gasteiger partial charge in [-0.3, -0.25) is 0 Å². The third-order valence-electron chi connectivity index (χ3n) is 6.94. The summed E-state index contributed by atoms with van der Waals surface area (Å²) in [6, 6.07) is 23.4. The van der Waals surface area contributed by atoms with E-state index in [-0.39, 0.29) is 33.1 Å². The van der Waals surface area contributed by atoms with Gasteiger partial charge in [0.1, 0.15) is 11.6 Å². The first-order valence-electron chi connectivity index (χ1n) is 12.1. The second kappa shape index (κ2) is 9.55. The number of hydrogen-bond donors (Lipinski definition) is 0. The zero-order valence-electron chi connectivity index (χ0n) is 19.5. The predicted molar refractivity (Wildman–Crippen MR) is 133 cm³/mol. The first-order valence-corrected chi connectivity index (χ1v) is 12.1. The van der Waals surface area contributed by atoms with Crippen molar-refractivity contribution in [2.24, 2.45) is 0 Å². The predicted octanol–water partition coefficient (Wildman–Crippen LogP) is 5.88. The van der Waals surface area contributed by atoms with Gasteiger partial charge in [-0.05, 0) is 19.2 Å². The molecule has 3 aliphatic rings. The molecule has 1 fully saturated rings. The summed E-state index contributed by atoms with van der Waals surface area (Å²) in [5, 5.41) is 0. The van der Waals surface area contributed by atoms with Gasteiger partial charge in [0, 0.05) is 36.0 Å². The van der Waals surface area contributed by atoms with Crippen LogP contribution < -0.4 is 14.5 Å². The van der Waals surface area contributed by atoms with Gasteiger partial charge in [0.15, 0.2) is 0 Å². The van der Waals surface area contributed by atoms with E-state index in [0.717, 1.165) is 35.9 Å². The van der Waals surface area contributed by atoms with E-state index in [1.165, 1.54) is 12.8 Å². The van der Waals surface area contributed by atoms with E-state index in [9.17, 15) is 0 Å². The normalized spacial score (nSPS) is 19.6. The Hall–Kier alpha value is -3.44. The molecule has 182 valence electrons. The Bertz CT molecular complexity index is 1420. The molecule has 8 bridgehead atoms. The number of ether oxygens (including phenoxy) is 1. The summed E-state index contributed by atoms with van der Waals surface area (Å²) in [5.41, 5.74) is 1.78. The number of rotatable bonds is 0. The fraction of sp³-hybridized carbons (Fsp3) is 0.214. The van der Waals surface area contributed by atoms with Crippen molar-refractivity contribution in [2.45, 2.75) is 37.8 Å². The molecule has 0 amide bonds. The number of aromatic nitrogens is 4. The minimum absolute atomic E-state index is 0. The largest absolute Gasteiger partial charge is 4.00 e. The van der Waals surface area contributed by atoms with Crippen molar-refractivity contribution in [3.05, 3.63) is 98.4 Å². The Kier molecular flexibility index (Phi) is 6.10. The van der Waals surface area contributed by atoms with Crippen LogP contribution in [0.15, 0.2) is 79.6 Å². The van der Waals surface area contributed by atoms with Crippen LogP contribution in [0.25, 0.3) is 5.69 Å². The number of anilines is 3. The zero-order chi connectivity index (χ0) is 23.2. The molecule has 0 N–H and O–H groups in total. The molecule has 4 aromatic rings. The average Bonchev–Trinajstić information content (AvgIpc) is 3.11. The Labute approximate surface area is 224 Å². The van der Waals surface area contributed by atoms with Crippen LogP contribution in [0.2, 0.25) is 0 Å². The van der Waals surface area contributed by atoms with Crippen LogP contribution in [-0.4, -0.2) is 25.1 Å². The van der Waals surface area contributed by atoms with Crippen LogP contribution in [0, 0.1) is 18.8 Å². The van der Waals surface area contributed by atoms with Crippen LogP contribution in [0.4, 0.5) is 17.3 Å². The van der Waals surface area contributed by atoms with E-state index in [4.69, 9.17) is 14.7 Å². The number of benzene rings is 2. The molecule has 4 heterocycles. The summed E-state index contributed by atoms with van der Waals surface area (Å²) in [6.45, 7) is 2.13. The molecule has 8 heteroatoms. The van der Waals surface area contributed by atoms with Gasteiger partial charge in [-0.1, -0.05) is 43.1 Å². The van der Waals surface area contributed by atoms with E-state index >= 15 is 0 Å². The molecule has 36 heavy (non-hydrogen) atoms. The van der Waals surface area contributed by atoms with E-state index in [0.29, 0.717) is 11.5 Å². The van der Waals surface area contributed by atoms with E-state index in [1.54, 1.807) is 12.4 Å². The van der Waals surface area contributed by atoms with E-state index in [2.05, 4.69) is 68.6 Å². The van der Waals surface area contributed by atoms with Gasteiger partial charge in [-0.15, -0.1) is 36.6 Å². The number of hydrogen-bond acceptors (Lipinski definition) is 5. The Morgan fingerprint density at radius 3 is 2.33 bits per heavy atom. The molecular formula is C28H24N6OPt. The van der Waals surface area contributed by atoms with E-state index < -0.39 is 0 Å². The smallest absolute Gasteiger partial charge is 0.510 e. The van der Waals surface area contributed by atoms with Crippen LogP contribution in [0.1, 0.15) is 31.7 Å². The van der Waals surface area contributed by atoms with Crippen molar-refractivity contribution in [3.63, 3.8) is 0 Å². The number of nitrogens with zero attached hydrogens (tertiary/aromatic N) is 6. The van der Waals surface area contributed by atoms with Gasteiger partial charge < -0.3 is 23.7 Å². The Morgan fingerprint density at radius 2 is 1.50 bits per heavy atom. The molecule has 1 saturated carbocycles. The molecule has 2 atom stereocenters. The fourth-order valence-electron chi connectivity index (χ4n) is 5.34. The molecule has 2 unspecified atom stereocenters. The van der Waals surface area contributed by atoms with Crippen molar-refractivity contribution >= 4 is 17.3 Å². The summed E-state index contributed by atoms with van der Waals surface area (Å²) < 4.78 is 10.6. The van der Waals surface area contributed by atoms with Crippen molar-refractivity contribution in [1.29, 1.82) is 0 Å². The van der Waals surface area contributed by atoms with Gasteiger partial charge in [0.2, 0.25) is 0 Å². The molecule has 7 nitrogen and oxygen atoms in total. The fourth-order valence-corrected chi connectivity index (χ4v) is 5.34. The molecule has 0 spiro atoms. The topological polar surface area (TPSA) is 51.4 Å². The molecule has 2 aromatic carbocycles. The second-order valence-electron chi connectivity index (χ2n) is 9.07. The Morgan fingerprint density at radius 1 is 0.806 bits per heavy atom. The van der Waals surface area contributed by atoms with Gasteiger partial charge >= 0.3 is 21.1 Å². The molecule has 7 rings (SSSR count). The van der Waals surface area contributed by atoms with Crippen molar-refractivity contribution in [1.82, 2.24) is 19.1 Å². The van der Waals surface area contributed by atoms with Crippen LogP contribution >= 0.6 is 0 Å². The monoisotopic (exact) mass is 655 g/mol. The summed E-state index contributed by atoms with van der Waals surface area (Å²) in [4.78, 5) is 13.8. The molecule has 0 saturated heterocycles.